The molecule has 0 radical (unpaired) electrons. The molecule has 0 aliphatic rings. The molecule has 1 heterocycles. The molecule has 7 heteroatoms. The third-order valence-electron chi connectivity index (χ3n) is 1.96. The maximum absolute atomic E-state index is 9.10. The van der Waals surface area contributed by atoms with Crippen molar-refractivity contribution in [2.24, 2.45) is 5.73 Å². The minimum Gasteiger partial charge on any atom is -0.473 e. The molecule has 0 fully saturated rings. The van der Waals surface area contributed by atoms with E-state index in [1.165, 1.54) is 0 Å². The van der Waals surface area contributed by atoms with Gasteiger partial charge in [0, 0.05) is 23.2 Å². The fourth-order valence-corrected chi connectivity index (χ4v) is 1.91. The topological polar surface area (TPSA) is 114 Å². The van der Waals surface area contributed by atoms with Crippen molar-refractivity contribution in [1.29, 1.82) is 0 Å². The van der Waals surface area contributed by atoms with Crippen molar-refractivity contribution in [1.82, 2.24) is 4.98 Å². The van der Waals surface area contributed by atoms with Crippen molar-refractivity contribution in [3.05, 3.63) is 41.4 Å². The van der Waals surface area contributed by atoms with Crippen LogP contribution in [-0.2, 0) is 16.1 Å². The molecule has 2 aromatic rings. The lowest BCUT2D eigenvalue weighted by molar-refractivity contribution is -0.159. The fourth-order valence-electron chi connectivity index (χ4n) is 1.12. The Labute approximate surface area is 113 Å². The van der Waals surface area contributed by atoms with Crippen molar-refractivity contribution in [2.75, 3.05) is 0 Å². The molecule has 0 amide bonds. The fraction of sp³-hybridized carbons (Fsp3) is 0.0833. The van der Waals surface area contributed by atoms with Crippen LogP contribution in [0.2, 0.25) is 0 Å². The summed E-state index contributed by atoms with van der Waals surface area (Å²) in [5, 5.41) is 15.8. The van der Waals surface area contributed by atoms with Crippen molar-refractivity contribution < 1.29 is 19.8 Å². The lowest BCUT2D eigenvalue weighted by Gasteiger charge is -1.92. The van der Waals surface area contributed by atoms with E-state index in [0.29, 0.717) is 6.54 Å². The average molecular weight is 280 g/mol. The molecule has 0 saturated heterocycles. The van der Waals surface area contributed by atoms with E-state index in [9.17, 15) is 0 Å². The summed E-state index contributed by atoms with van der Waals surface area (Å²) in [4.78, 5) is 23.6. The van der Waals surface area contributed by atoms with E-state index in [0.717, 1.165) is 15.4 Å². The zero-order valence-electron chi connectivity index (χ0n) is 9.81. The van der Waals surface area contributed by atoms with Crippen LogP contribution in [0.25, 0.3) is 10.6 Å². The first-order valence-electron chi connectivity index (χ1n) is 5.21. The molecule has 0 unspecified atom stereocenters. The van der Waals surface area contributed by atoms with Gasteiger partial charge in [-0.25, -0.2) is 14.6 Å². The molecule has 0 atom stereocenters. The summed E-state index contributed by atoms with van der Waals surface area (Å²) in [6.45, 7) is 0.574. The number of hydrogen-bond donors (Lipinski definition) is 3. The monoisotopic (exact) mass is 280 g/mol. The lowest BCUT2D eigenvalue weighted by atomic mass is 10.2. The molecule has 2 rings (SSSR count). The number of thiazole rings is 1. The average Bonchev–Trinajstić information content (AvgIpc) is 2.89. The number of aromatic nitrogens is 1. The Kier molecular flexibility index (Phi) is 5.65. The summed E-state index contributed by atoms with van der Waals surface area (Å²) in [7, 11) is 0. The number of carboxylic acids is 2. The van der Waals surface area contributed by atoms with Crippen LogP contribution in [0.4, 0.5) is 0 Å². The highest BCUT2D eigenvalue weighted by atomic mass is 32.1. The molecule has 0 aliphatic heterocycles. The van der Waals surface area contributed by atoms with E-state index in [1.54, 1.807) is 11.3 Å². The lowest BCUT2D eigenvalue weighted by Crippen LogP contribution is -2.09. The number of hydrogen-bond acceptors (Lipinski definition) is 5. The van der Waals surface area contributed by atoms with E-state index >= 15 is 0 Å². The highest BCUT2D eigenvalue weighted by Crippen LogP contribution is 2.24. The molecule has 6 nitrogen and oxygen atoms in total. The normalized spacial score (nSPS) is 9.32. The molecular weight excluding hydrogens is 268 g/mol. The van der Waals surface area contributed by atoms with Crippen LogP contribution >= 0.6 is 11.3 Å². The zero-order chi connectivity index (χ0) is 14.3. The molecule has 19 heavy (non-hydrogen) atoms. The van der Waals surface area contributed by atoms with Crippen LogP contribution in [0.1, 0.15) is 4.88 Å². The van der Waals surface area contributed by atoms with Crippen LogP contribution < -0.4 is 5.73 Å². The SMILES string of the molecule is NCc1cnc(-c2ccccc2)s1.O=C(O)C(=O)O. The van der Waals surface area contributed by atoms with E-state index in [2.05, 4.69) is 17.1 Å². The first-order valence-corrected chi connectivity index (χ1v) is 6.02. The van der Waals surface area contributed by atoms with Crippen molar-refractivity contribution in [3.63, 3.8) is 0 Å². The second kappa shape index (κ2) is 7.24. The number of nitrogens with zero attached hydrogens (tertiary/aromatic N) is 1. The van der Waals surface area contributed by atoms with Gasteiger partial charge in [-0.05, 0) is 0 Å². The van der Waals surface area contributed by atoms with Crippen LogP contribution in [0.15, 0.2) is 36.5 Å². The van der Waals surface area contributed by atoms with Gasteiger partial charge in [-0.15, -0.1) is 11.3 Å². The van der Waals surface area contributed by atoms with E-state index in [1.807, 2.05) is 24.4 Å². The Morgan fingerprint density at radius 1 is 1.16 bits per heavy atom. The number of carbonyl (C=O) groups is 2. The van der Waals surface area contributed by atoms with Gasteiger partial charge in [-0.3, -0.25) is 0 Å². The molecular formula is C12H12N2O4S. The van der Waals surface area contributed by atoms with Crippen LogP contribution in [0.3, 0.4) is 0 Å². The van der Waals surface area contributed by atoms with Crippen LogP contribution in [0.5, 0.6) is 0 Å². The number of carboxylic acid groups (broad SMARTS) is 2. The summed E-state index contributed by atoms with van der Waals surface area (Å²) in [5.41, 5.74) is 6.67. The van der Waals surface area contributed by atoms with Gasteiger partial charge in [0.05, 0.1) is 0 Å². The van der Waals surface area contributed by atoms with E-state index in [-0.39, 0.29) is 0 Å². The number of aliphatic carboxylic acids is 2. The summed E-state index contributed by atoms with van der Waals surface area (Å²) < 4.78 is 0. The first kappa shape index (κ1) is 14.8. The summed E-state index contributed by atoms with van der Waals surface area (Å²) in [5.74, 6) is -3.65. The van der Waals surface area contributed by atoms with Crippen LogP contribution in [0, 0.1) is 0 Å². The molecule has 1 aromatic heterocycles. The Morgan fingerprint density at radius 2 is 1.74 bits per heavy atom. The third kappa shape index (κ3) is 4.86. The third-order valence-corrected chi connectivity index (χ3v) is 3.03. The number of benzene rings is 1. The molecule has 100 valence electrons. The number of nitrogens with two attached hydrogens (primary N) is 1. The second-order valence-corrected chi connectivity index (χ2v) is 4.43. The van der Waals surface area contributed by atoms with Gasteiger partial charge < -0.3 is 15.9 Å². The highest BCUT2D eigenvalue weighted by molar-refractivity contribution is 7.15. The van der Waals surface area contributed by atoms with Gasteiger partial charge in [-0.2, -0.15) is 0 Å². The predicted molar refractivity (Wildman–Crippen MR) is 70.7 cm³/mol. The minimum absolute atomic E-state index is 0.574. The molecule has 4 N–H and O–H groups in total. The minimum atomic E-state index is -1.82. The van der Waals surface area contributed by atoms with Crippen LogP contribution in [-0.4, -0.2) is 27.1 Å². The van der Waals surface area contributed by atoms with Crippen molar-refractivity contribution in [2.45, 2.75) is 6.54 Å². The van der Waals surface area contributed by atoms with Gasteiger partial charge in [0.1, 0.15) is 5.01 Å². The Balaban J connectivity index is 0.000000258. The highest BCUT2D eigenvalue weighted by Gasteiger charge is 2.04. The van der Waals surface area contributed by atoms with Crippen molar-refractivity contribution in [3.8, 4) is 10.6 Å². The molecule has 0 bridgehead atoms. The van der Waals surface area contributed by atoms with Gasteiger partial charge in [0.15, 0.2) is 0 Å². The summed E-state index contributed by atoms with van der Waals surface area (Å²) >= 11 is 1.65. The first-order chi connectivity index (χ1) is 9.04. The Bertz CT molecular complexity index is 542. The van der Waals surface area contributed by atoms with Gasteiger partial charge >= 0.3 is 11.9 Å². The summed E-state index contributed by atoms with van der Waals surface area (Å²) in [6.07, 6.45) is 1.84. The second-order valence-electron chi connectivity index (χ2n) is 3.31. The van der Waals surface area contributed by atoms with Gasteiger partial charge in [0.2, 0.25) is 0 Å². The predicted octanol–water partition coefficient (Wildman–Crippen LogP) is 1.42. The Hall–Kier alpha value is -2.25. The maximum Gasteiger partial charge on any atom is 0.414 e. The van der Waals surface area contributed by atoms with Crippen molar-refractivity contribution >= 4 is 23.3 Å². The standard InChI is InChI=1S/C10H10N2S.C2H2O4/c11-6-9-7-12-10(13-9)8-4-2-1-3-5-8;3-1(4)2(5)6/h1-5,7H,6,11H2;(H,3,4)(H,5,6). The molecule has 1 aromatic carbocycles. The van der Waals surface area contributed by atoms with Gasteiger partial charge in [0.25, 0.3) is 0 Å². The Morgan fingerprint density at radius 3 is 2.16 bits per heavy atom. The van der Waals surface area contributed by atoms with Gasteiger partial charge in [-0.1, -0.05) is 30.3 Å². The molecule has 0 spiro atoms. The quantitative estimate of drug-likeness (QED) is 0.717. The summed E-state index contributed by atoms with van der Waals surface area (Å²) in [6, 6.07) is 10.1. The zero-order valence-corrected chi connectivity index (χ0v) is 10.6. The number of rotatable bonds is 2. The smallest absolute Gasteiger partial charge is 0.414 e. The van der Waals surface area contributed by atoms with E-state index < -0.39 is 11.9 Å². The van der Waals surface area contributed by atoms with E-state index in [4.69, 9.17) is 25.5 Å². The maximum atomic E-state index is 9.10. The largest absolute Gasteiger partial charge is 0.473 e. The molecule has 0 saturated carbocycles. The molecule has 0 aliphatic carbocycles.